The molecule has 1 N–H and O–H groups in total. The first kappa shape index (κ1) is 19.1. The Kier molecular flexibility index (Phi) is 5.25. The number of carbonyl (C=O) groups excluding carboxylic acids is 1. The quantitative estimate of drug-likeness (QED) is 0.673. The van der Waals surface area contributed by atoms with Crippen LogP contribution < -0.4 is 5.32 Å². The topological polar surface area (TPSA) is 66.5 Å². The molecule has 1 atom stereocenters. The number of rotatable bonds is 4. The molecule has 5 nitrogen and oxygen atoms in total. The van der Waals surface area contributed by atoms with Crippen LogP contribution in [-0.2, 0) is 27.8 Å². The number of para-hydroxylation sites is 1. The van der Waals surface area contributed by atoms with Gasteiger partial charge in [0.2, 0.25) is 5.91 Å². The van der Waals surface area contributed by atoms with Crippen LogP contribution in [0.15, 0.2) is 70.3 Å². The Labute approximate surface area is 172 Å². The fourth-order valence-corrected chi connectivity index (χ4v) is 6.15. The van der Waals surface area contributed by atoms with Gasteiger partial charge in [-0.15, -0.1) is 11.3 Å². The van der Waals surface area contributed by atoms with E-state index >= 15 is 0 Å². The van der Waals surface area contributed by atoms with Crippen molar-refractivity contribution < 1.29 is 13.2 Å². The lowest BCUT2D eigenvalue weighted by Crippen LogP contribution is -2.50. The zero-order chi connectivity index (χ0) is 19.7. The minimum Gasteiger partial charge on any atom is -0.323 e. The number of benzene rings is 2. The number of thiophene rings is 1. The van der Waals surface area contributed by atoms with Crippen LogP contribution in [0.25, 0.3) is 0 Å². The van der Waals surface area contributed by atoms with Gasteiger partial charge in [-0.1, -0.05) is 54.1 Å². The maximum Gasteiger partial charge on any atom is 0.253 e. The highest BCUT2D eigenvalue weighted by Gasteiger charge is 2.40. The second-order valence-corrected chi connectivity index (χ2v) is 9.91. The van der Waals surface area contributed by atoms with Gasteiger partial charge in [0.25, 0.3) is 10.0 Å². The summed E-state index contributed by atoms with van der Waals surface area (Å²) in [4.78, 5) is 13.1. The molecular weight excluding hydrogens is 416 g/mol. The van der Waals surface area contributed by atoms with Gasteiger partial charge >= 0.3 is 0 Å². The molecule has 0 spiro atoms. The van der Waals surface area contributed by atoms with E-state index in [9.17, 15) is 13.2 Å². The minimum absolute atomic E-state index is 0.150. The summed E-state index contributed by atoms with van der Waals surface area (Å²) in [5.41, 5.74) is 2.34. The lowest BCUT2D eigenvalue weighted by Gasteiger charge is -2.34. The highest BCUT2D eigenvalue weighted by molar-refractivity contribution is 7.91. The molecule has 1 aromatic heterocycles. The minimum atomic E-state index is -3.80. The first-order valence-corrected chi connectivity index (χ1v) is 11.3. The highest BCUT2D eigenvalue weighted by Crippen LogP contribution is 2.32. The molecule has 1 aliphatic heterocycles. The van der Waals surface area contributed by atoms with E-state index in [1.807, 2.05) is 24.3 Å². The zero-order valence-corrected chi connectivity index (χ0v) is 17.1. The molecule has 1 amide bonds. The van der Waals surface area contributed by atoms with Crippen LogP contribution >= 0.6 is 22.9 Å². The summed E-state index contributed by atoms with van der Waals surface area (Å²) >= 11 is 7.29. The third-order valence-corrected chi connectivity index (χ3v) is 8.26. The molecular formula is C20H17ClN2O3S2. The van der Waals surface area contributed by atoms with Crippen LogP contribution in [0.2, 0.25) is 5.02 Å². The molecule has 0 saturated carbocycles. The van der Waals surface area contributed by atoms with E-state index in [1.54, 1.807) is 41.8 Å². The Morgan fingerprint density at radius 3 is 2.46 bits per heavy atom. The van der Waals surface area contributed by atoms with Crippen molar-refractivity contribution in [3.63, 3.8) is 0 Å². The van der Waals surface area contributed by atoms with Crippen molar-refractivity contribution >= 4 is 44.6 Å². The third-order valence-electron chi connectivity index (χ3n) is 4.70. The monoisotopic (exact) mass is 432 g/mol. The molecule has 0 radical (unpaired) electrons. The SMILES string of the molecule is O=C(Nc1ccccc1Cl)[C@H]1Cc2ccccc2CN1S(=O)(=O)c1cccs1. The average molecular weight is 433 g/mol. The Balaban J connectivity index is 1.72. The summed E-state index contributed by atoms with van der Waals surface area (Å²) in [6.07, 6.45) is 0.303. The number of carbonyl (C=O) groups is 1. The van der Waals surface area contributed by atoms with Gasteiger partial charge in [-0.3, -0.25) is 4.79 Å². The first-order valence-electron chi connectivity index (χ1n) is 8.64. The van der Waals surface area contributed by atoms with E-state index in [0.29, 0.717) is 17.1 Å². The van der Waals surface area contributed by atoms with Gasteiger partial charge in [0.15, 0.2) is 0 Å². The molecule has 2 aromatic carbocycles. The predicted octanol–water partition coefficient (Wildman–Crippen LogP) is 4.16. The van der Waals surface area contributed by atoms with E-state index in [4.69, 9.17) is 11.6 Å². The van der Waals surface area contributed by atoms with Crippen molar-refractivity contribution in [1.29, 1.82) is 0 Å². The Hall–Kier alpha value is -2.19. The van der Waals surface area contributed by atoms with Crippen LogP contribution in [0.5, 0.6) is 0 Å². The number of anilines is 1. The summed E-state index contributed by atoms with van der Waals surface area (Å²) in [7, 11) is -3.80. The lowest BCUT2D eigenvalue weighted by molar-refractivity contribution is -0.120. The van der Waals surface area contributed by atoms with Crippen molar-refractivity contribution in [2.75, 3.05) is 5.32 Å². The summed E-state index contributed by atoms with van der Waals surface area (Å²) in [5.74, 6) is -0.400. The molecule has 2 heterocycles. The average Bonchev–Trinajstić information content (AvgIpc) is 3.24. The molecule has 0 bridgehead atoms. The van der Waals surface area contributed by atoms with Crippen molar-refractivity contribution in [3.8, 4) is 0 Å². The number of hydrogen-bond acceptors (Lipinski definition) is 4. The summed E-state index contributed by atoms with van der Waals surface area (Å²) < 4.78 is 28.0. The van der Waals surface area contributed by atoms with Gasteiger partial charge in [0.1, 0.15) is 10.3 Å². The largest absolute Gasteiger partial charge is 0.323 e. The maximum absolute atomic E-state index is 13.2. The molecule has 144 valence electrons. The van der Waals surface area contributed by atoms with Crippen LogP contribution in [0.3, 0.4) is 0 Å². The fourth-order valence-electron chi connectivity index (χ4n) is 3.28. The van der Waals surface area contributed by atoms with Gasteiger partial charge in [0.05, 0.1) is 10.7 Å². The summed E-state index contributed by atoms with van der Waals surface area (Å²) in [5, 5.41) is 4.90. The maximum atomic E-state index is 13.2. The summed E-state index contributed by atoms with van der Waals surface area (Å²) in [6, 6.07) is 16.9. The normalized spacial score (nSPS) is 17.1. The Bertz CT molecular complexity index is 1110. The molecule has 0 aliphatic carbocycles. The van der Waals surface area contributed by atoms with Crippen LogP contribution in [0.4, 0.5) is 5.69 Å². The molecule has 0 fully saturated rings. The Morgan fingerprint density at radius 1 is 1.04 bits per heavy atom. The predicted molar refractivity (Wildman–Crippen MR) is 111 cm³/mol. The van der Waals surface area contributed by atoms with E-state index in [1.165, 1.54) is 4.31 Å². The van der Waals surface area contributed by atoms with Gasteiger partial charge in [-0.05, 0) is 41.1 Å². The molecule has 28 heavy (non-hydrogen) atoms. The first-order chi connectivity index (χ1) is 13.5. The van der Waals surface area contributed by atoms with Gasteiger partial charge in [-0.2, -0.15) is 4.31 Å². The van der Waals surface area contributed by atoms with E-state index < -0.39 is 22.0 Å². The standard InChI is InChI=1S/C20H17ClN2O3S2/c21-16-8-3-4-9-17(16)22-20(24)18-12-14-6-1-2-7-15(14)13-23(18)28(25,26)19-10-5-11-27-19/h1-11,18H,12-13H2,(H,22,24)/t18-/m1/s1. The smallest absolute Gasteiger partial charge is 0.253 e. The molecule has 1 aliphatic rings. The number of amides is 1. The van der Waals surface area contributed by atoms with Crippen molar-refractivity contribution in [2.24, 2.45) is 0 Å². The number of fused-ring (bicyclic) bond motifs is 1. The van der Waals surface area contributed by atoms with Gasteiger partial charge < -0.3 is 5.32 Å². The number of sulfonamides is 1. The fraction of sp³-hybridized carbons (Fsp3) is 0.150. The van der Waals surface area contributed by atoms with Gasteiger partial charge in [0, 0.05) is 6.54 Å². The molecule has 4 rings (SSSR count). The number of nitrogens with one attached hydrogen (secondary N) is 1. The van der Waals surface area contributed by atoms with E-state index in [0.717, 1.165) is 22.5 Å². The van der Waals surface area contributed by atoms with Crippen molar-refractivity contribution in [2.45, 2.75) is 23.2 Å². The molecule has 8 heteroatoms. The van der Waals surface area contributed by atoms with E-state index in [2.05, 4.69) is 5.32 Å². The summed E-state index contributed by atoms with van der Waals surface area (Å²) in [6.45, 7) is 0.150. The highest BCUT2D eigenvalue weighted by atomic mass is 35.5. The number of halogens is 1. The molecule has 3 aromatic rings. The van der Waals surface area contributed by atoms with Crippen LogP contribution in [-0.4, -0.2) is 24.7 Å². The third kappa shape index (κ3) is 3.58. The van der Waals surface area contributed by atoms with Crippen LogP contribution in [0.1, 0.15) is 11.1 Å². The van der Waals surface area contributed by atoms with E-state index in [-0.39, 0.29) is 10.8 Å². The van der Waals surface area contributed by atoms with Crippen LogP contribution in [0, 0.1) is 0 Å². The Morgan fingerprint density at radius 2 is 1.75 bits per heavy atom. The zero-order valence-electron chi connectivity index (χ0n) is 14.7. The second-order valence-electron chi connectivity index (χ2n) is 6.44. The number of nitrogens with zero attached hydrogens (tertiary/aromatic N) is 1. The molecule has 0 unspecified atom stereocenters. The molecule has 0 saturated heterocycles. The lowest BCUT2D eigenvalue weighted by atomic mass is 9.95. The number of hydrogen-bond donors (Lipinski definition) is 1. The second kappa shape index (κ2) is 7.67. The van der Waals surface area contributed by atoms with Gasteiger partial charge in [-0.25, -0.2) is 8.42 Å². The van der Waals surface area contributed by atoms with Crippen molar-refractivity contribution in [3.05, 3.63) is 82.2 Å². The van der Waals surface area contributed by atoms with Crippen molar-refractivity contribution in [1.82, 2.24) is 4.31 Å².